The molecule has 2 heterocycles. The van der Waals surface area contributed by atoms with Gasteiger partial charge in [-0.3, -0.25) is 0 Å². The van der Waals surface area contributed by atoms with Gasteiger partial charge in [-0.1, -0.05) is 165 Å². The minimum Gasteiger partial charge on any atom is -0.454 e. The third kappa shape index (κ3) is 4.91. The summed E-state index contributed by atoms with van der Waals surface area (Å²) < 4.78 is 7.00. The third-order valence-electron chi connectivity index (χ3n) is 13.9. The molecule has 0 bridgehead atoms. The number of furan rings is 1. The van der Waals surface area contributed by atoms with E-state index < -0.39 is 5.41 Å². The fourth-order valence-electron chi connectivity index (χ4n) is 11.2. The van der Waals surface area contributed by atoms with Crippen molar-refractivity contribution in [3.8, 4) is 11.1 Å². The summed E-state index contributed by atoms with van der Waals surface area (Å²) in [6.07, 6.45) is 0.966. The normalized spacial score (nSPS) is 13.4. The van der Waals surface area contributed by atoms with Crippen LogP contribution in [0.1, 0.15) is 40.3 Å². The van der Waals surface area contributed by atoms with Gasteiger partial charge in [0, 0.05) is 27.5 Å². The standard InChI is InChI=1S/C60H42N2O/c1-3-39-31-34-42(35-32-39)62(54-30-16-25-47-46-24-15-17-38(2)58(46)63-59(47)54)55-37-51-57(45-23-10-9-22-44(45)55)56-43-21-8-7-18-40(43)33-36-50(56)60(51)48-26-11-13-28-52(48)61(41-19-5-4-6-20-41)53-29-14-12-27-49(53)60/h4-37H,3H2,1-2H3. The minimum absolute atomic E-state index is 0.661. The van der Waals surface area contributed by atoms with Crippen molar-refractivity contribution < 1.29 is 4.42 Å². The molecule has 11 aromatic rings. The Morgan fingerprint density at radius 2 is 1.06 bits per heavy atom. The molecule has 0 amide bonds. The van der Waals surface area contributed by atoms with E-state index in [1.807, 2.05) is 0 Å². The Morgan fingerprint density at radius 3 is 1.81 bits per heavy atom. The van der Waals surface area contributed by atoms with E-state index >= 15 is 0 Å². The lowest BCUT2D eigenvalue weighted by atomic mass is 9.64. The van der Waals surface area contributed by atoms with Gasteiger partial charge in [-0.2, -0.15) is 0 Å². The van der Waals surface area contributed by atoms with E-state index in [2.05, 4.69) is 230 Å². The first-order chi connectivity index (χ1) is 31.1. The van der Waals surface area contributed by atoms with Crippen LogP contribution in [0.5, 0.6) is 0 Å². The molecule has 13 rings (SSSR count). The van der Waals surface area contributed by atoms with Crippen molar-refractivity contribution in [2.75, 3.05) is 9.80 Å². The van der Waals surface area contributed by atoms with Gasteiger partial charge in [-0.05, 0) is 123 Å². The van der Waals surface area contributed by atoms with Crippen LogP contribution in [0.2, 0.25) is 0 Å². The third-order valence-corrected chi connectivity index (χ3v) is 13.9. The Kier molecular flexibility index (Phi) is 7.71. The maximum absolute atomic E-state index is 7.00. The second-order valence-corrected chi connectivity index (χ2v) is 17.1. The van der Waals surface area contributed by atoms with Gasteiger partial charge in [-0.25, -0.2) is 0 Å². The van der Waals surface area contributed by atoms with Crippen molar-refractivity contribution in [3.05, 3.63) is 240 Å². The SMILES string of the molecule is CCc1ccc(N(c2cc3c(c4ccccc24)-c2c(ccc4ccccc24)C32c3ccccc3N(c3ccccc3)c3ccccc32)c2cccc3c2oc2c(C)cccc23)cc1. The Bertz CT molecular complexity index is 3590. The Balaban J connectivity index is 1.21. The summed E-state index contributed by atoms with van der Waals surface area (Å²) in [5.41, 5.74) is 18.0. The molecule has 1 spiro atoms. The monoisotopic (exact) mass is 806 g/mol. The summed E-state index contributed by atoms with van der Waals surface area (Å²) in [5.74, 6) is 0. The van der Waals surface area contributed by atoms with Crippen molar-refractivity contribution in [3.63, 3.8) is 0 Å². The van der Waals surface area contributed by atoms with Crippen LogP contribution in [0.4, 0.5) is 34.1 Å². The van der Waals surface area contributed by atoms with Crippen LogP contribution >= 0.6 is 0 Å². The molecule has 0 atom stereocenters. The fraction of sp³-hybridized carbons (Fsp3) is 0.0667. The van der Waals surface area contributed by atoms with Gasteiger partial charge < -0.3 is 14.2 Å². The molecule has 10 aromatic carbocycles. The molecule has 3 heteroatoms. The van der Waals surface area contributed by atoms with Crippen LogP contribution in [0.25, 0.3) is 54.6 Å². The number of hydrogen-bond acceptors (Lipinski definition) is 3. The van der Waals surface area contributed by atoms with Gasteiger partial charge in [0.25, 0.3) is 0 Å². The van der Waals surface area contributed by atoms with Gasteiger partial charge in [0.2, 0.25) is 0 Å². The number of hydrogen-bond donors (Lipinski definition) is 0. The second-order valence-electron chi connectivity index (χ2n) is 17.1. The van der Waals surface area contributed by atoms with E-state index in [4.69, 9.17) is 4.42 Å². The predicted molar refractivity (Wildman–Crippen MR) is 263 cm³/mol. The van der Waals surface area contributed by atoms with Crippen LogP contribution in [0.15, 0.2) is 211 Å². The molecule has 2 aliphatic rings. The summed E-state index contributed by atoms with van der Waals surface area (Å²) in [5, 5.41) is 7.15. The summed E-state index contributed by atoms with van der Waals surface area (Å²) in [7, 11) is 0. The van der Waals surface area contributed by atoms with Crippen molar-refractivity contribution >= 4 is 77.6 Å². The Labute approximate surface area is 366 Å². The number of anilines is 6. The Hall–Kier alpha value is -7.88. The maximum atomic E-state index is 7.00. The summed E-state index contributed by atoms with van der Waals surface area (Å²) >= 11 is 0. The molecule has 63 heavy (non-hydrogen) atoms. The van der Waals surface area contributed by atoms with Crippen molar-refractivity contribution in [1.82, 2.24) is 0 Å². The second kappa shape index (κ2) is 13.6. The Morgan fingerprint density at radius 1 is 0.460 bits per heavy atom. The van der Waals surface area contributed by atoms with Gasteiger partial charge in [-0.15, -0.1) is 0 Å². The van der Waals surface area contributed by atoms with Crippen LogP contribution in [-0.2, 0) is 11.8 Å². The van der Waals surface area contributed by atoms with Crippen molar-refractivity contribution in [2.45, 2.75) is 25.7 Å². The number of rotatable bonds is 5. The number of nitrogens with zero attached hydrogens (tertiary/aromatic N) is 2. The van der Waals surface area contributed by atoms with Gasteiger partial charge in [0.15, 0.2) is 5.58 Å². The largest absolute Gasteiger partial charge is 0.454 e. The highest BCUT2D eigenvalue weighted by atomic mass is 16.3. The molecule has 298 valence electrons. The molecule has 0 unspecified atom stereocenters. The molecular weight excluding hydrogens is 765 g/mol. The molecule has 0 saturated heterocycles. The van der Waals surface area contributed by atoms with Crippen molar-refractivity contribution in [1.29, 1.82) is 0 Å². The van der Waals surface area contributed by atoms with E-state index in [0.29, 0.717) is 0 Å². The predicted octanol–water partition coefficient (Wildman–Crippen LogP) is 16.4. The van der Waals surface area contributed by atoms with Gasteiger partial charge in [0.1, 0.15) is 5.58 Å². The average molecular weight is 807 g/mol. The van der Waals surface area contributed by atoms with E-state index in [0.717, 1.165) is 56.7 Å². The molecule has 3 nitrogen and oxygen atoms in total. The molecule has 1 aromatic heterocycles. The first kappa shape index (κ1) is 35.8. The van der Waals surface area contributed by atoms with Gasteiger partial charge >= 0.3 is 0 Å². The summed E-state index contributed by atoms with van der Waals surface area (Å²) in [6.45, 7) is 4.36. The highest BCUT2D eigenvalue weighted by Crippen LogP contribution is 2.66. The molecule has 0 saturated carbocycles. The highest BCUT2D eigenvalue weighted by molar-refractivity contribution is 6.18. The van der Waals surface area contributed by atoms with Gasteiger partial charge in [0.05, 0.1) is 28.2 Å². The number of benzene rings is 10. The van der Waals surface area contributed by atoms with E-state index in [-0.39, 0.29) is 0 Å². The molecule has 1 aliphatic carbocycles. The zero-order valence-corrected chi connectivity index (χ0v) is 35.1. The highest BCUT2D eigenvalue weighted by Gasteiger charge is 2.53. The molecular formula is C60H42N2O. The maximum Gasteiger partial charge on any atom is 0.159 e. The number of aryl methyl sites for hydroxylation is 2. The van der Waals surface area contributed by atoms with Crippen LogP contribution in [0.3, 0.4) is 0 Å². The average Bonchev–Trinajstić information content (AvgIpc) is 3.88. The van der Waals surface area contributed by atoms with Crippen LogP contribution < -0.4 is 9.80 Å². The first-order valence-electron chi connectivity index (χ1n) is 22.1. The number of fused-ring (bicyclic) bond motifs is 16. The first-order valence-corrected chi connectivity index (χ1v) is 22.1. The minimum atomic E-state index is -0.661. The lowest BCUT2D eigenvalue weighted by Crippen LogP contribution is -2.36. The van der Waals surface area contributed by atoms with Crippen LogP contribution in [-0.4, -0.2) is 0 Å². The molecule has 0 N–H and O–H groups in total. The number of para-hydroxylation sites is 5. The van der Waals surface area contributed by atoms with Crippen LogP contribution in [0, 0.1) is 6.92 Å². The van der Waals surface area contributed by atoms with E-state index in [1.165, 1.54) is 71.9 Å². The van der Waals surface area contributed by atoms with Crippen molar-refractivity contribution in [2.24, 2.45) is 0 Å². The zero-order valence-electron chi connectivity index (χ0n) is 35.1. The zero-order chi connectivity index (χ0) is 41.8. The lowest BCUT2D eigenvalue weighted by molar-refractivity contribution is 0.666. The fourth-order valence-corrected chi connectivity index (χ4v) is 11.2. The molecule has 0 fully saturated rings. The lowest BCUT2D eigenvalue weighted by Gasteiger charge is -2.45. The summed E-state index contributed by atoms with van der Waals surface area (Å²) in [6, 6.07) is 76.6. The smallest absolute Gasteiger partial charge is 0.159 e. The molecule has 0 radical (unpaired) electrons. The quantitative estimate of drug-likeness (QED) is 0.173. The summed E-state index contributed by atoms with van der Waals surface area (Å²) in [4.78, 5) is 4.93. The molecule has 1 aliphatic heterocycles. The topological polar surface area (TPSA) is 19.6 Å². The van der Waals surface area contributed by atoms with E-state index in [1.54, 1.807) is 0 Å². The van der Waals surface area contributed by atoms with E-state index in [9.17, 15) is 0 Å².